The summed E-state index contributed by atoms with van der Waals surface area (Å²) in [5.74, 6) is 0. The van der Waals surface area contributed by atoms with Crippen LogP contribution in [0.15, 0.2) is 77.7 Å². The Balaban J connectivity index is 1.98. The van der Waals surface area contributed by atoms with Crippen molar-refractivity contribution in [2.45, 2.75) is 19.9 Å². The largest absolute Gasteiger partial charge is 0.296 e. The van der Waals surface area contributed by atoms with E-state index in [4.69, 9.17) is 0 Å². The van der Waals surface area contributed by atoms with Gasteiger partial charge in [0.05, 0.1) is 23.6 Å². The summed E-state index contributed by atoms with van der Waals surface area (Å²) in [7, 11) is 0. The summed E-state index contributed by atoms with van der Waals surface area (Å²) in [6.45, 7) is 3.55. The highest BCUT2D eigenvalue weighted by Gasteiger charge is 2.36. The van der Waals surface area contributed by atoms with E-state index in [2.05, 4.69) is 35.1 Å². The predicted octanol–water partition coefficient (Wildman–Crippen LogP) is 5.17. The number of nitriles is 1. The Hall–Kier alpha value is -3.40. The molecule has 0 bridgehead atoms. The maximum atomic E-state index is 12.8. The normalized spacial score (nSPS) is 12.9. The molecule has 0 fully saturated rings. The molecule has 0 saturated heterocycles. The fourth-order valence-corrected chi connectivity index (χ4v) is 4.86. The molecule has 0 amide bonds. The van der Waals surface area contributed by atoms with Crippen LogP contribution < -0.4 is 10.0 Å². The van der Waals surface area contributed by atoms with Crippen molar-refractivity contribution in [3.8, 4) is 6.07 Å². The Kier molecular flexibility index (Phi) is 5.66. The molecule has 148 valence electrons. The molecule has 1 atom stereocenters. The van der Waals surface area contributed by atoms with Gasteiger partial charge in [-0.25, -0.2) is 9.47 Å². The molecule has 2 aromatic carbocycles. The fourth-order valence-electron chi connectivity index (χ4n) is 3.75. The molecule has 0 N–H and O–H groups in total. The minimum Gasteiger partial charge on any atom is -0.266 e. The molecule has 0 aliphatic heterocycles. The average molecular weight is 414 g/mol. The number of fused-ring (bicyclic) bond motifs is 1. The van der Waals surface area contributed by atoms with Gasteiger partial charge in [-0.15, -0.1) is 4.98 Å². The molecule has 0 aliphatic rings. The van der Waals surface area contributed by atoms with E-state index in [1.165, 1.54) is 11.3 Å². The van der Waals surface area contributed by atoms with Gasteiger partial charge in [0.2, 0.25) is 0 Å². The van der Waals surface area contributed by atoms with Gasteiger partial charge in [-0.05, 0) is 42.0 Å². The van der Waals surface area contributed by atoms with Gasteiger partial charge in [-0.1, -0.05) is 37.3 Å². The van der Waals surface area contributed by atoms with E-state index >= 15 is 0 Å². The summed E-state index contributed by atoms with van der Waals surface area (Å²) in [6, 6.07) is 23.5. The minimum atomic E-state index is -0.257. The maximum Gasteiger partial charge on any atom is 0.296 e. The maximum absolute atomic E-state index is 12.8. The van der Waals surface area contributed by atoms with Crippen LogP contribution in [-0.4, -0.2) is 16.5 Å². The van der Waals surface area contributed by atoms with Gasteiger partial charge in [-0.3, -0.25) is 4.79 Å². The van der Waals surface area contributed by atoms with Crippen molar-refractivity contribution >= 4 is 32.4 Å². The molecule has 30 heavy (non-hydrogen) atoms. The second kappa shape index (κ2) is 8.54. The number of aromatic nitrogens is 2. The van der Waals surface area contributed by atoms with Crippen molar-refractivity contribution in [3.05, 3.63) is 94.4 Å². The SMILES string of the molecule is CCC[N+](Cc1ccccc1)(c1ccc(C#N)cc1)c1nc(=O)c2cccnc2s1. The van der Waals surface area contributed by atoms with E-state index in [1.54, 1.807) is 18.3 Å². The van der Waals surface area contributed by atoms with Gasteiger partial charge in [0.25, 0.3) is 10.7 Å². The first-order chi connectivity index (χ1) is 14.7. The third kappa shape index (κ3) is 3.73. The molecule has 0 aliphatic carbocycles. The highest BCUT2D eigenvalue weighted by Crippen LogP contribution is 2.39. The van der Waals surface area contributed by atoms with Gasteiger partial charge < -0.3 is 0 Å². The fraction of sp³-hybridized carbons (Fsp3) is 0.167. The van der Waals surface area contributed by atoms with Crippen LogP contribution in [0.5, 0.6) is 0 Å². The molecule has 2 aromatic heterocycles. The smallest absolute Gasteiger partial charge is 0.266 e. The number of rotatable bonds is 6. The number of pyridine rings is 1. The number of quaternary nitrogens is 1. The lowest BCUT2D eigenvalue weighted by molar-refractivity contribution is 0.371. The molecule has 6 heteroatoms. The first-order valence-corrected chi connectivity index (χ1v) is 10.7. The van der Waals surface area contributed by atoms with Crippen molar-refractivity contribution in [1.82, 2.24) is 14.5 Å². The lowest BCUT2D eigenvalue weighted by Crippen LogP contribution is -2.45. The molecule has 1 unspecified atom stereocenters. The zero-order valence-corrected chi connectivity index (χ0v) is 17.5. The lowest BCUT2D eigenvalue weighted by Gasteiger charge is -2.35. The van der Waals surface area contributed by atoms with E-state index in [9.17, 15) is 10.1 Å². The highest BCUT2D eigenvalue weighted by atomic mass is 32.1. The van der Waals surface area contributed by atoms with Gasteiger partial charge in [-0.2, -0.15) is 5.26 Å². The molecule has 4 rings (SSSR count). The molecule has 2 heterocycles. The highest BCUT2D eigenvalue weighted by molar-refractivity contribution is 7.21. The molecule has 4 aromatic rings. The van der Waals surface area contributed by atoms with Gasteiger partial charge >= 0.3 is 0 Å². The van der Waals surface area contributed by atoms with Crippen LogP contribution >= 0.6 is 11.3 Å². The molecular formula is C24H21N4OS+. The van der Waals surface area contributed by atoms with Crippen LogP contribution in [0, 0.1) is 11.3 Å². The summed E-state index contributed by atoms with van der Waals surface area (Å²) in [5, 5.41) is 10.5. The first-order valence-electron chi connectivity index (χ1n) is 9.84. The minimum absolute atomic E-state index is 0.257. The quantitative estimate of drug-likeness (QED) is 0.409. The second-order valence-electron chi connectivity index (χ2n) is 7.15. The number of hydrogen-bond donors (Lipinski definition) is 0. The summed E-state index contributed by atoms with van der Waals surface area (Å²) in [5.41, 5.74) is 2.50. The van der Waals surface area contributed by atoms with E-state index in [-0.39, 0.29) is 5.56 Å². The standard InChI is InChI=1S/C24H21N4OS/c1-2-15-28(17-19-7-4-3-5-8-19,20-12-10-18(16-25)11-13-20)24-27-22(29)21-9-6-14-26-23(21)30-24/h3-14H,2,15,17H2,1H3/q+1. The van der Waals surface area contributed by atoms with E-state index in [1.807, 2.05) is 42.5 Å². The van der Waals surface area contributed by atoms with Gasteiger partial charge in [0.1, 0.15) is 17.1 Å². The lowest BCUT2D eigenvalue weighted by atomic mass is 10.1. The first kappa shape index (κ1) is 19.9. The average Bonchev–Trinajstić information content (AvgIpc) is 2.79. The van der Waals surface area contributed by atoms with Crippen LogP contribution in [-0.2, 0) is 6.54 Å². The molecule has 0 radical (unpaired) electrons. The third-order valence-electron chi connectivity index (χ3n) is 5.14. The van der Waals surface area contributed by atoms with Crippen molar-refractivity contribution in [2.24, 2.45) is 0 Å². The topological polar surface area (TPSA) is 66.6 Å². The summed E-state index contributed by atoms with van der Waals surface area (Å²) in [4.78, 5) is 22.5. The van der Waals surface area contributed by atoms with Crippen molar-refractivity contribution < 1.29 is 0 Å². The van der Waals surface area contributed by atoms with E-state index in [0.717, 1.165) is 24.2 Å². The molecule has 5 nitrogen and oxygen atoms in total. The molecular weight excluding hydrogens is 392 g/mol. The summed E-state index contributed by atoms with van der Waals surface area (Å²) in [6.07, 6.45) is 2.60. The Bertz CT molecular complexity index is 1260. The number of nitrogens with zero attached hydrogens (tertiary/aromatic N) is 4. The number of hydrogen-bond acceptors (Lipinski definition) is 5. The Morgan fingerprint density at radius 3 is 2.50 bits per heavy atom. The van der Waals surface area contributed by atoms with Crippen LogP contribution in [0.2, 0.25) is 0 Å². The Morgan fingerprint density at radius 2 is 1.80 bits per heavy atom. The molecule has 0 spiro atoms. The van der Waals surface area contributed by atoms with Crippen LogP contribution in [0.25, 0.3) is 10.2 Å². The second-order valence-corrected chi connectivity index (χ2v) is 8.11. The van der Waals surface area contributed by atoms with Crippen LogP contribution in [0.1, 0.15) is 24.5 Å². The monoisotopic (exact) mass is 413 g/mol. The van der Waals surface area contributed by atoms with Crippen molar-refractivity contribution in [3.63, 3.8) is 0 Å². The van der Waals surface area contributed by atoms with Crippen molar-refractivity contribution in [2.75, 3.05) is 6.54 Å². The van der Waals surface area contributed by atoms with Gasteiger partial charge in [0, 0.05) is 23.9 Å². The van der Waals surface area contributed by atoms with Crippen LogP contribution in [0.3, 0.4) is 0 Å². The predicted molar refractivity (Wildman–Crippen MR) is 122 cm³/mol. The zero-order valence-electron chi connectivity index (χ0n) is 16.7. The van der Waals surface area contributed by atoms with Crippen molar-refractivity contribution in [1.29, 1.82) is 5.26 Å². The molecule has 0 saturated carbocycles. The van der Waals surface area contributed by atoms with E-state index < -0.39 is 0 Å². The van der Waals surface area contributed by atoms with Gasteiger partial charge in [0.15, 0.2) is 0 Å². The Morgan fingerprint density at radius 1 is 1.03 bits per heavy atom. The summed E-state index contributed by atoms with van der Waals surface area (Å²) >= 11 is 1.46. The number of benzene rings is 2. The summed E-state index contributed by atoms with van der Waals surface area (Å²) < 4.78 is 0.401. The zero-order chi connectivity index (χ0) is 21.0. The van der Waals surface area contributed by atoms with Crippen LogP contribution in [0.4, 0.5) is 10.8 Å². The Labute approximate surface area is 179 Å². The van der Waals surface area contributed by atoms with E-state index in [0.29, 0.717) is 31.9 Å². The third-order valence-corrected chi connectivity index (χ3v) is 6.29.